The van der Waals surface area contributed by atoms with Crippen molar-refractivity contribution >= 4 is 17.5 Å². The highest BCUT2D eigenvalue weighted by Crippen LogP contribution is 2.30. The summed E-state index contributed by atoms with van der Waals surface area (Å²) in [6, 6.07) is 9.14. The van der Waals surface area contributed by atoms with Gasteiger partial charge in [0.15, 0.2) is 0 Å². The smallest absolute Gasteiger partial charge is 0.274 e. The largest absolute Gasteiger partial charge is 0.496 e. The summed E-state index contributed by atoms with van der Waals surface area (Å²) in [7, 11) is 3.05. The van der Waals surface area contributed by atoms with Crippen LogP contribution in [0.4, 0.5) is 0 Å². The predicted molar refractivity (Wildman–Crippen MR) is 111 cm³/mol. The Morgan fingerprint density at radius 2 is 1.50 bits per heavy atom. The van der Waals surface area contributed by atoms with Crippen LogP contribution in [0.1, 0.15) is 26.4 Å². The van der Waals surface area contributed by atoms with Crippen LogP contribution in [-0.4, -0.2) is 71.4 Å². The van der Waals surface area contributed by atoms with E-state index in [2.05, 4.69) is 4.98 Å². The van der Waals surface area contributed by atoms with E-state index in [4.69, 9.17) is 9.47 Å². The third kappa shape index (κ3) is 3.45. The summed E-state index contributed by atoms with van der Waals surface area (Å²) in [5, 5.41) is 0. The Balaban J connectivity index is 1.48. The van der Waals surface area contributed by atoms with Crippen LogP contribution in [0.15, 0.2) is 42.7 Å². The fourth-order valence-electron chi connectivity index (χ4n) is 3.75. The summed E-state index contributed by atoms with van der Waals surface area (Å²) < 4.78 is 12.6. The molecule has 3 heterocycles. The predicted octanol–water partition coefficient (Wildman–Crippen LogP) is 2.26. The highest BCUT2D eigenvalue weighted by atomic mass is 16.5. The molecular weight excluding hydrogens is 384 g/mol. The molecule has 1 aromatic carbocycles. The Labute approximate surface area is 174 Å². The van der Waals surface area contributed by atoms with E-state index in [0.717, 1.165) is 11.2 Å². The minimum atomic E-state index is -0.167. The maximum Gasteiger partial charge on any atom is 0.274 e. The average molecular weight is 408 g/mol. The molecule has 0 bridgehead atoms. The highest BCUT2D eigenvalue weighted by Gasteiger charge is 2.29. The molecule has 8 heteroatoms. The van der Waals surface area contributed by atoms with Crippen LogP contribution >= 0.6 is 0 Å². The van der Waals surface area contributed by atoms with Gasteiger partial charge in [-0.25, -0.2) is 4.98 Å². The lowest BCUT2D eigenvalue weighted by Gasteiger charge is -2.34. The van der Waals surface area contributed by atoms with E-state index in [-0.39, 0.29) is 11.8 Å². The number of benzene rings is 1. The van der Waals surface area contributed by atoms with Crippen molar-refractivity contribution in [3.8, 4) is 11.5 Å². The van der Waals surface area contributed by atoms with E-state index in [1.165, 1.54) is 14.2 Å². The van der Waals surface area contributed by atoms with Crippen LogP contribution in [0.5, 0.6) is 11.5 Å². The number of hydrogen-bond donors (Lipinski definition) is 0. The van der Waals surface area contributed by atoms with Crippen molar-refractivity contribution < 1.29 is 19.1 Å². The van der Waals surface area contributed by atoms with Crippen LogP contribution < -0.4 is 9.47 Å². The number of rotatable bonds is 4. The van der Waals surface area contributed by atoms with E-state index >= 15 is 0 Å². The molecule has 0 atom stereocenters. The SMILES string of the molecule is COc1cccc(OC)c1C(=O)N1CCN(C(=O)c2cn3cccc(C)c3n2)CC1. The number of methoxy groups -OCH3 is 2. The van der Waals surface area contributed by atoms with Crippen LogP contribution in [0, 0.1) is 6.92 Å². The number of aryl methyl sites for hydroxylation is 1. The summed E-state index contributed by atoms with van der Waals surface area (Å²) in [5.74, 6) is 0.649. The van der Waals surface area contributed by atoms with Crippen molar-refractivity contribution in [2.45, 2.75) is 6.92 Å². The van der Waals surface area contributed by atoms with Gasteiger partial charge in [0.05, 0.1) is 14.2 Å². The summed E-state index contributed by atoms with van der Waals surface area (Å²) in [6.07, 6.45) is 3.63. The third-order valence-electron chi connectivity index (χ3n) is 5.39. The molecule has 0 saturated carbocycles. The molecule has 1 saturated heterocycles. The second-order valence-corrected chi connectivity index (χ2v) is 7.17. The number of pyridine rings is 1. The van der Waals surface area contributed by atoms with Crippen molar-refractivity contribution in [3.63, 3.8) is 0 Å². The number of hydrogen-bond acceptors (Lipinski definition) is 5. The molecule has 0 N–H and O–H groups in total. The van der Waals surface area contributed by atoms with Gasteiger partial charge >= 0.3 is 0 Å². The summed E-state index contributed by atoms with van der Waals surface area (Å²) in [4.78, 5) is 34.0. The molecule has 2 aromatic heterocycles. The quantitative estimate of drug-likeness (QED) is 0.662. The van der Waals surface area contributed by atoms with Gasteiger partial charge < -0.3 is 23.7 Å². The van der Waals surface area contributed by atoms with E-state index in [0.29, 0.717) is 48.9 Å². The first-order valence-corrected chi connectivity index (χ1v) is 9.77. The standard InChI is InChI=1S/C22H24N4O4/c1-15-6-5-9-26-14-16(23-20(15)26)21(27)24-10-12-25(13-11-24)22(28)19-17(29-2)7-4-8-18(19)30-3/h4-9,14H,10-13H2,1-3H3. The molecule has 0 spiro atoms. The Morgan fingerprint density at radius 3 is 2.07 bits per heavy atom. The van der Waals surface area contributed by atoms with Gasteiger partial charge in [-0.15, -0.1) is 0 Å². The number of carbonyl (C=O) groups is 2. The number of nitrogens with zero attached hydrogens (tertiary/aromatic N) is 4. The zero-order chi connectivity index (χ0) is 21.3. The van der Waals surface area contributed by atoms with E-state index in [1.54, 1.807) is 34.2 Å². The van der Waals surface area contributed by atoms with Gasteiger partial charge in [-0.3, -0.25) is 9.59 Å². The minimum Gasteiger partial charge on any atom is -0.496 e. The molecule has 2 amide bonds. The maximum atomic E-state index is 13.1. The topological polar surface area (TPSA) is 76.4 Å². The van der Waals surface area contributed by atoms with Gasteiger partial charge in [-0.05, 0) is 30.7 Å². The fourth-order valence-corrected chi connectivity index (χ4v) is 3.75. The number of ether oxygens (including phenoxy) is 2. The average Bonchev–Trinajstić information content (AvgIpc) is 3.23. The monoisotopic (exact) mass is 408 g/mol. The summed E-state index contributed by atoms with van der Waals surface area (Å²) in [5.41, 5.74) is 2.60. The Kier molecular flexibility index (Phi) is 5.31. The molecule has 8 nitrogen and oxygen atoms in total. The van der Waals surface area contributed by atoms with E-state index < -0.39 is 0 Å². The highest BCUT2D eigenvalue weighted by molar-refractivity contribution is 6.00. The van der Waals surface area contributed by atoms with Crippen molar-refractivity contribution in [2.75, 3.05) is 40.4 Å². The molecule has 0 unspecified atom stereocenters. The van der Waals surface area contributed by atoms with Crippen LogP contribution in [0.3, 0.4) is 0 Å². The van der Waals surface area contributed by atoms with Crippen LogP contribution in [-0.2, 0) is 0 Å². The lowest BCUT2D eigenvalue weighted by Crippen LogP contribution is -2.50. The number of imidazole rings is 1. The molecule has 0 aliphatic carbocycles. The van der Waals surface area contributed by atoms with Crippen molar-refractivity contribution in [1.82, 2.24) is 19.2 Å². The third-order valence-corrected chi connectivity index (χ3v) is 5.39. The van der Waals surface area contributed by atoms with Gasteiger partial charge in [-0.1, -0.05) is 12.1 Å². The van der Waals surface area contributed by atoms with Crippen molar-refractivity contribution in [2.24, 2.45) is 0 Å². The van der Waals surface area contributed by atoms with Crippen molar-refractivity contribution in [3.05, 3.63) is 59.5 Å². The summed E-state index contributed by atoms with van der Waals surface area (Å²) in [6.45, 7) is 3.70. The maximum absolute atomic E-state index is 13.1. The van der Waals surface area contributed by atoms with Crippen LogP contribution in [0.2, 0.25) is 0 Å². The molecule has 30 heavy (non-hydrogen) atoms. The van der Waals surface area contributed by atoms with Gasteiger partial charge in [0.25, 0.3) is 11.8 Å². The molecular formula is C22H24N4O4. The second-order valence-electron chi connectivity index (χ2n) is 7.17. The zero-order valence-corrected chi connectivity index (χ0v) is 17.3. The van der Waals surface area contributed by atoms with Crippen molar-refractivity contribution in [1.29, 1.82) is 0 Å². The number of piperazine rings is 1. The molecule has 3 aromatic rings. The molecule has 1 fully saturated rings. The van der Waals surface area contributed by atoms with Gasteiger partial charge in [0, 0.05) is 38.6 Å². The normalized spacial score (nSPS) is 14.1. The first-order chi connectivity index (χ1) is 14.5. The van der Waals surface area contributed by atoms with Gasteiger partial charge in [-0.2, -0.15) is 0 Å². The zero-order valence-electron chi connectivity index (χ0n) is 17.3. The number of aromatic nitrogens is 2. The minimum absolute atomic E-state index is 0.125. The number of carbonyl (C=O) groups excluding carboxylic acids is 2. The Bertz CT molecular complexity index is 1080. The van der Waals surface area contributed by atoms with Gasteiger partial charge in [0.1, 0.15) is 28.4 Å². The fraction of sp³-hybridized carbons (Fsp3) is 0.318. The lowest BCUT2D eigenvalue weighted by atomic mass is 10.1. The Hall–Kier alpha value is -3.55. The molecule has 4 rings (SSSR count). The Morgan fingerprint density at radius 1 is 0.900 bits per heavy atom. The number of fused-ring (bicyclic) bond motifs is 1. The first kappa shape index (κ1) is 19.8. The number of amides is 2. The van der Waals surface area contributed by atoms with Gasteiger partial charge in [0.2, 0.25) is 0 Å². The first-order valence-electron chi connectivity index (χ1n) is 9.77. The van der Waals surface area contributed by atoms with Crippen LogP contribution in [0.25, 0.3) is 5.65 Å². The molecule has 0 radical (unpaired) electrons. The molecule has 156 valence electrons. The molecule has 1 aliphatic rings. The lowest BCUT2D eigenvalue weighted by molar-refractivity contribution is 0.0529. The van der Waals surface area contributed by atoms with E-state index in [9.17, 15) is 9.59 Å². The summed E-state index contributed by atoms with van der Waals surface area (Å²) >= 11 is 0. The molecule has 1 aliphatic heterocycles. The van der Waals surface area contributed by atoms with E-state index in [1.807, 2.05) is 29.7 Å². The second kappa shape index (κ2) is 8.06.